The Morgan fingerprint density at radius 1 is 0.917 bits per heavy atom. The van der Waals surface area contributed by atoms with Gasteiger partial charge in [-0.15, -0.1) is 0 Å². The van der Waals surface area contributed by atoms with Crippen molar-refractivity contribution in [1.82, 2.24) is 10.3 Å². The zero-order chi connectivity index (χ0) is 24.1. The maximum Gasteiger partial charge on any atom is 0.314 e. The summed E-state index contributed by atoms with van der Waals surface area (Å²) in [7, 11) is 0. The van der Waals surface area contributed by atoms with Gasteiger partial charge in [0.1, 0.15) is 17.3 Å². The first-order valence-electron chi connectivity index (χ1n) is 11.8. The average molecular weight is 492 g/mol. The van der Waals surface area contributed by atoms with Gasteiger partial charge in [0.2, 0.25) is 0 Å². The minimum absolute atomic E-state index is 0.0796. The van der Waals surface area contributed by atoms with Crippen LogP contribution in [0.2, 0.25) is 0 Å². The predicted octanol–water partition coefficient (Wildman–Crippen LogP) is 6.64. The van der Waals surface area contributed by atoms with E-state index in [0.717, 1.165) is 45.7 Å². The van der Waals surface area contributed by atoms with E-state index in [1.54, 1.807) is 0 Å². The summed E-state index contributed by atoms with van der Waals surface area (Å²) in [5.41, 5.74) is 4.05. The topological polar surface area (TPSA) is 67.1 Å². The highest BCUT2D eigenvalue weighted by Gasteiger charge is 2.58. The first-order valence-corrected chi connectivity index (χ1v) is 12.6. The van der Waals surface area contributed by atoms with Crippen LogP contribution in [0.4, 0.5) is 4.79 Å². The highest BCUT2D eigenvalue weighted by atomic mass is 32.2. The van der Waals surface area contributed by atoms with Crippen LogP contribution in [0.5, 0.6) is 5.75 Å². The lowest BCUT2D eigenvalue weighted by molar-refractivity contribution is -0.0949. The monoisotopic (exact) mass is 491 g/mol. The molecule has 1 fully saturated rings. The molecule has 0 bridgehead atoms. The van der Waals surface area contributed by atoms with E-state index >= 15 is 0 Å². The van der Waals surface area contributed by atoms with Crippen LogP contribution in [0.3, 0.4) is 0 Å². The Hall–Kier alpha value is -4.23. The maximum absolute atomic E-state index is 12.8. The molecule has 3 aliphatic rings. The zero-order valence-electron chi connectivity index (χ0n) is 19.1. The zero-order valence-corrected chi connectivity index (χ0v) is 19.9. The van der Waals surface area contributed by atoms with Crippen molar-refractivity contribution in [1.29, 1.82) is 0 Å². The van der Waals surface area contributed by atoms with E-state index in [0.29, 0.717) is 17.1 Å². The van der Waals surface area contributed by atoms with Gasteiger partial charge in [0.05, 0.1) is 16.7 Å². The molecule has 4 aromatic rings. The van der Waals surface area contributed by atoms with Crippen LogP contribution < -0.4 is 10.1 Å². The Bertz CT molecular complexity index is 1530. The van der Waals surface area contributed by atoms with Crippen molar-refractivity contribution in [2.45, 2.75) is 18.3 Å². The lowest BCUT2D eigenvalue weighted by Crippen LogP contribution is -2.61. The molecular formula is C29H21N3O3S. The number of amides is 1. The third-order valence-electron chi connectivity index (χ3n) is 6.64. The van der Waals surface area contributed by atoms with Gasteiger partial charge in [-0.2, -0.15) is 5.10 Å². The Morgan fingerprint density at radius 2 is 1.64 bits per heavy atom. The fraction of sp³-hybridized carbons (Fsp3) is 0.103. The second-order valence-corrected chi connectivity index (χ2v) is 9.87. The van der Waals surface area contributed by atoms with Crippen molar-refractivity contribution in [3.8, 4) is 17.1 Å². The number of hydrogen-bond donors (Lipinski definition) is 1. The molecule has 6 nitrogen and oxygen atoms in total. The number of rotatable bonds is 3. The number of carbonyl (C=O) groups is 1. The number of para-hydroxylation sites is 1. The number of hydrazone groups is 1. The van der Waals surface area contributed by atoms with Crippen LogP contribution in [-0.4, -0.2) is 21.8 Å². The van der Waals surface area contributed by atoms with Gasteiger partial charge in [-0.05, 0) is 41.6 Å². The van der Waals surface area contributed by atoms with Gasteiger partial charge < -0.3 is 9.15 Å². The van der Waals surface area contributed by atoms with Crippen LogP contribution >= 0.6 is 11.8 Å². The van der Waals surface area contributed by atoms with Crippen LogP contribution in [-0.2, 0) is 0 Å². The third-order valence-corrected chi connectivity index (χ3v) is 7.54. The molecule has 7 heteroatoms. The summed E-state index contributed by atoms with van der Waals surface area (Å²) in [4.78, 5) is 13.5. The van der Waals surface area contributed by atoms with Crippen molar-refractivity contribution in [3.63, 3.8) is 0 Å². The smallest absolute Gasteiger partial charge is 0.314 e. The van der Waals surface area contributed by atoms with E-state index in [2.05, 4.69) is 23.5 Å². The highest BCUT2D eigenvalue weighted by Crippen LogP contribution is 2.52. The molecule has 4 heterocycles. The van der Waals surface area contributed by atoms with Crippen LogP contribution in [0.25, 0.3) is 17.4 Å². The molecule has 7 rings (SSSR count). The van der Waals surface area contributed by atoms with Crippen molar-refractivity contribution < 1.29 is 13.9 Å². The number of hydrogen-bond acceptors (Lipinski definition) is 6. The molecule has 3 aliphatic heterocycles. The fourth-order valence-electron chi connectivity index (χ4n) is 4.99. The Kier molecular flexibility index (Phi) is 4.79. The number of furan rings is 1. The van der Waals surface area contributed by atoms with Gasteiger partial charge in [0.25, 0.3) is 5.24 Å². The fourth-order valence-corrected chi connectivity index (χ4v) is 5.88. The summed E-state index contributed by atoms with van der Waals surface area (Å²) in [6.45, 7) is 0. The molecular weight excluding hydrogens is 470 g/mol. The molecule has 2 atom stereocenters. The number of fused-ring (bicyclic) bond motifs is 4. The number of carbonyl (C=O) groups excluding carboxylic acids is 1. The quantitative estimate of drug-likeness (QED) is 0.348. The van der Waals surface area contributed by atoms with Crippen molar-refractivity contribution >= 4 is 28.8 Å². The van der Waals surface area contributed by atoms with Crippen molar-refractivity contribution in [2.75, 3.05) is 0 Å². The highest BCUT2D eigenvalue weighted by molar-refractivity contribution is 8.17. The molecule has 1 N–H and O–H groups in total. The minimum atomic E-state index is -1.25. The van der Waals surface area contributed by atoms with E-state index in [1.807, 2.05) is 89.9 Å². The number of benzene rings is 3. The first-order chi connectivity index (χ1) is 17.7. The summed E-state index contributed by atoms with van der Waals surface area (Å²) < 4.78 is 12.7. The summed E-state index contributed by atoms with van der Waals surface area (Å²) in [5, 5.41) is 9.80. The molecule has 1 aromatic heterocycles. The maximum atomic E-state index is 12.8. The van der Waals surface area contributed by atoms with E-state index in [-0.39, 0.29) is 11.3 Å². The second-order valence-electron chi connectivity index (χ2n) is 8.85. The van der Waals surface area contributed by atoms with Gasteiger partial charge in [0.15, 0.2) is 0 Å². The van der Waals surface area contributed by atoms with E-state index in [9.17, 15) is 4.79 Å². The SMILES string of the molecule is O=C1NC2(Oc3ccccc3C3CC(c4ccccc4)=NN32)C(=Cc2ccc(-c3ccccc3)o2)S1. The molecule has 176 valence electrons. The molecule has 0 aliphatic carbocycles. The van der Waals surface area contributed by atoms with Gasteiger partial charge in [-0.1, -0.05) is 78.9 Å². The Balaban J connectivity index is 1.34. The van der Waals surface area contributed by atoms with E-state index in [4.69, 9.17) is 14.3 Å². The molecule has 36 heavy (non-hydrogen) atoms. The van der Waals surface area contributed by atoms with Gasteiger partial charge in [0, 0.05) is 17.5 Å². The number of ether oxygens (including phenoxy) is 1. The van der Waals surface area contributed by atoms with Gasteiger partial charge in [-0.3, -0.25) is 10.1 Å². The number of nitrogens with zero attached hydrogens (tertiary/aromatic N) is 2. The lowest BCUT2D eigenvalue weighted by Gasteiger charge is -2.44. The lowest BCUT2D eigenvalue weighted by atomic mass is 9.96. The van der Waals surface area contributed by atoms with E-state index < -0.39 is 5.85 Å². The van der Waals surface area contributed by atoms with Crippen LogP contribution in [0.1, 0.15) is 29.3 Å². The largest absolute Gasteiger partial charge is 0.457 e. The number of thioether (sulfide) groups is 1. The Labute approximate surface area is 212 Å². The average Bonchev–Trinajstić information content (AvgIpc) is 3.64. The number of nitrogens with one attached hydrogen (secondary N) is 1. The molecule has 1 saturated heterocycles. The molecule has 0 radical (unpaired) electrons. The summed E-state index contributed by atoms with van der Waals surface area (Å²) in [6, 6.07) is 31.8. The minimum Gasteiger partial charge on any atom is -0.457 e. The van der Waals surface area contributed by atoms with Gasteiger partial charge >= 0.3 is 5.85 Å². The van der Waals surface area contributed by atoms with Crippen molar-refractivity contribution in [2.24, 2.45) is 5.10 Å². The van der Waals surface area contributed by atoms with E-state index in [1.165, 1.54) is 0 Å². The molecule has 1 amide bonds. The van der Waals surface area contributed by atoms with Gasteiger partial charge in [-0.25, -0.2) is 5.01 Å². The predicted molar refractivity (Wildman–Crippen MR) is 140 cm³/mol. The standard InChI is InChI=1S/C29H21N3O3S/c33-28-30-29(27(36-28)17-21-15-16-25(34-21)20-11-5-2-6-12-20)32-24(22-13-7-8-14-26(22)35-29)18-23(31-32)19-9-3-1-4-10-19/h1-17,24H,18H2,(H,30,33). The first kappa shape index (κ1) is 21.1. The molecule has 1 spiro atoms. The molecule has 0 saturated carbocycles. The normalized spacial score (nSPS) is 23.3. The Morgan fingerprint density at radius 3 is 2.44 bits per heavy atom. The third kappa shape index (κ3) is 3.35. The summed E-state index contributed by atoms with van der Waals surface area (Å²) in [5.74, 6) is 0.882. The van der Waals surface area contributed by atoms with Crippen LogP contribution in [0.15, 0.2) is 111 Å². The summed E-state index contributed by atoms with van der Waals surface area (Å²) >= 11 is 1.11. The van der Waals surface area contributed by atoms with Crippen LogP contribution in [0, 0.1) is 0 Å². The molecule has 2 unspecified atom stereocenters. The second kappa shape index (κ2) is 8.17. The summed E-state index contributed by atoms with van der Waals surface area (Å²) in [6.07, 6.45) is 2.58. The van der Waals surface area contributed by atoms with Crippen molar-refractivity contribution in [3.05, 3.63) is 119 Å². The molecule has 3 aromatic carbocycles.